The average molecular weight is 196 g/mol. The number of thiophene rings is 1. The molecule has 1 rings (SSSR count). The first-order chi connectivity index (χ1) is 6.11. The van der Waals surface area contributed by atoms with Crippen molar-refractivity contribution in [2.75, 3.05) is 0 Å². The van der Waals surface area contributed by atoms with Crippen molar-refractivity contribution < 1.29 is 4.79 Å². The lowest BCUT2D eigenvalue weighted by Gasteiger charge is -2.16. The molecule has 0 aliphatic rings. The molecule has 13 heavy (non-hydrogen) atoms. The molecule has 1 atom stereocenters. The van der Waals surface area contributed by atoms with Gasteiger partial charge in [0.05, 0.1) is 0 Å². The summed E-state index contributed by atoms with van der Waals surface area (Å²) < 4.78 is 0. The maximum Gasteiger partial charge on any atom is 0.133 e. The molecule has 0 spiro atoms. The molecule has 1 unspecified atom stereocenters. The highest BCUT2D eigenvalue weighted by Gasteiger charge is 2.18. The van der Waals surface area contributed by atoms with E-state index in [0.717, 1.165) is 6.42 Å². The Hall–Kier alpha value is -0.630. The fourth-order valence-electron chi connectivity index (χ4n) is 1.51. The Bertz CT molecular complexity index is 262. The molecule has 0 fully saturated rings. The predicted molar refractivity (Wildman–Crippen MR) is 57.0 cm³/mol. The molecular weight excluding hydrogens is 180 g/mol. The molecule has 0 bridgehead atoms. The third-order valence-corrected chi connectivity index (χ3v) is 3.09. The molecule has 2 heteroatoms. The normalized spacial score (nSPS) is 13.2. The molecule has 0 aliphatic carbocycles. The summed E-state index contributed by atoms with van der Waals surface area (Å²) in [6.45, 7) is 5.91. The van der Waals surface area contributed by atoms with Gasteiger partial charge in [-0.05, 0) is 41.7 Å². The fourth-order valence-corrected chi connectivity index (χ4v) is 2.19. The molecule has 1 aromatic rings. The van der Waals surface area contributed by atoms with Crippen LogP contribution in [0, 0.1) is 11.8 Å². The van der Waals surface area contributed by atoms with Crippen molar-refractivity contribution in [2.45, 2.75) is 27.2 Å². The van der Waals surface area contributed by atoms with Crippen LogP contribution < -0.4 is 0 Å². The van der Waals surface area contributed by atoms with Gasteiger partial charge in [-0.1, -0.05) is 13.8 Å². The maximum atomic E-state index is 11.3. The summed E-state index contributed by atoms with van der Waals surface area (Å²) in [7, 11) is 0. The van der Waals surface area contributed by atoms with Gasteiger partial charge >= 0.3 is 0 Å². The van der Waals surface area contributed by atoms with Gasteiger partial charge in [0.25, 0.3) is 0 Å². The van der Waals surface area contributed by atoms with E-state index in [0.29, 0.717) is 11.7 Å². The lowest BCUT2D eigenvalue weighted by molar-refractivity contribution is -0.121. The van der Waals surface area contributed by atoms with Gasteiger partial charge in [0.15, 0.2) is 0 Å². The van der Waals surface area contributed by atoms with Crippen LogP contribution in [0.2, 0.25) is 0 Å². The molecule has 72 valence electrons. The summed E-state index contributed by atoms with van der Waals surface area (Å²) in [4.78, 5) is 11.3. The van der Waals surface area contributed by atoms with E-state index in [1.54, 1.807) is 18.3 Å². The Kier molecular flexibility index (Phi) is 3.67. The zero-order valence-corrected chi connectivity index (χ0v) is 9.23. The van der Waals surface area contributed by atoms with Crippen molar-refractivity contribution >= 4 is 17.1 Å². The fraction of sp³-hybridized carbons (Fsp3) is 0.545. The zero-order chi connectivity index (χ0) is 9.84. The number of carbonyl (C=O) groups excluding carboxylic acids is 1. The van der Waals surface area contributed by atoms with E-state index in [-0.39, 0.29) is 5.92 Å². The minimum Gasteiger partial charge on any atom is -0.300 e. The Morgan fingerprint density at radius 3 is 2.62 bits per heavy atom. The lowest BCUT2D eigenvalue weighted by atomic mass is 9.87. The predicted octanol–water partition coefficient (Wildman–Crippen LogP) is 3.15. The second-order valence-corrected chi connectivity index (χ2v) is 4.58. The monoisotopic (exact) mass is 196 g/mol. The number of hydrogen-bond acceptors (Lipinski definition) is 2. The van der Waals surface area contributed by atoms with Crippen molar-refractivity contribution in [1.29, 1.82) is 0 Å². The second kappa shape index (κ2) is 4.56. The first kappa shape index (κ1) is 10.5. The molecule has 0 aliphatic heterocycles. The Morgan fingerprint density at radius 1 is 1.54 bits per heavy atom. The van der Waals surface area contributed by atoms with E-state index < -0.39 is 0 Å². The van der Waals surface area contributed by atoms with Crippen LogP contribution in [0.3, 0.4) is 0 Å². The van der Waals surface area contributed by atoms with E-state index in [2.05, 4.69) is 30.7 Å². The number of Topliss-reactive ketones (excluding diaryl/α,β-unsaturated/α-hetero) is 1. The summed E-state index contributed by atoms with van der Waals surface area (Å²) in [6, 6.07) is 2.10. The molecule has 0 aromatic carbocycles. The Balaban J connectivity index is 2.63. The van der Waals surface area contributed by atoms with Crippen LogP contribution in [0.5, 0.6) is 0 Å². The van der Waals surface area contributed by atoms with Gasteiger partial charge in [-0.25, -0.2) is 0 Å². The topological polar surface area (TPSA) is 17.1 Å². The van der Waals surface area contributed by atoms with Crippen LogP contribution >= 0.6 is 11.3 Å². The molecule has 0 saturated heterocycles. The first-order valence-corrected chi connectivity index (χ1v) is 5.57. The van der Waals surface area contributed by atoms with Gasteiger partial charge in [-0.15, -0.1) is 0 Å². The van der Waals surface area contributed by atoms with E-state index >= 15 is 0 Å². The number of carbonyl (C=O) groups is 1. The van der Waals surface area contributed by atoms with Crippen molar-refractivity contribution in [3.8, 4) is 0 Å². The summed E-state index contributed by atoms with van der Waals surface area (Å²) in [5.74, 6) is 0.938. The quantitative estimate of drug-likeness (QED) is 0.723. The summed E-state index contributed by atoms with van der Waals surface area (Å²) in [6.07, 6.45) is 0.899. The minimum atomic E-state index is 0.189. The van der Waals surface area contributed by atoms with Crippen LogP contribution in [-0.2, 0) is 11.2 Å². The number of hydrogen-bond donors (Lipinski definition) is 0. The van der Waals surface area contributed by atoms with Gasteiger partial charge < -0.3 is 0 Å². The highest BCUT2D eigenvalue weighted by atomic mass is 32.1. The van der Waals surface area contributed by atoms with Gasteiger partial charge in [0.1, 0.15) is 5.78 Å². The number of rotatable bonds is 4. The molecule has 0 radical (unpaired) electrons. The van der Waals surface area contributed by atoms with Gasteiger partial charge in [0.2, 0.25) is 0 Å². The van der Waals surface area contributed by atoms with Gasteiger partial charge in [0, 0.05) is 5.92 Å². The highest BCUT2D eigenvalue weighted by Crippen LogP contribution is 2.19. The molecule has 1 aromatic heterocycles. The second-order valence-electron chi connectivity index (χ2n) is 3.80. The Labute approximate surface area is 83.8 Å². The summed E-state index contributed by atoms with van der Waals surface area (Å²) in [5.41, 5.74) is 1.29. The molecule has 0 N–H and O–H groups in total. The standard InChI is InChI=1S/C11H16OS/c1-8(2)11(9(3)12)6-10-4-5-13-7-10/h4-5,7-8,11H,6H2,1-3H3. The summed E-state index contributed by atoms with van der Waals surface area (Å²) in [5, 5.41) is 4.19. The van der Waals surface area contributed by atoms with Crippen molar-refractivity contribution in [3.63, 3.8) is 0 Å². The van der Waals surface area contributed by atoms with Crippen LogP contribution in [0.25, 0.3) is 0 Å². The highest BCUT2D eigenvalue weighted by molar-refractivity contribution is 7.07. The molecular formula is C11H16OS. The Morgan fingerprint density at radius 2 is 2.23 bits per heavy atom. The van der Waals surface area contributed by atoms with Crippen molar-refractivity contribution in [1.82, 2.24) is 0 Å². The van der Waals surface area contributed by atoms with E-state index in [1.165, 1.54) is 5.56 Å². The lowest BCUT2D eigenvalue weighted by Crippen LogP contribution is -2.19. The molecule has 1 heterocycles. The molecule has 0 amide bonds. The zero-order valence-electron chi connectivity index (χ0n) is 8.41. The van der Waals surface area contributed by atoms with E-state index in [9.17, 15) is 4.79 Å². The van der Waals surface area contributed by atoms with Crippen LogP contribution in [0.1, 0.15) is 26.3 Å². The van der Waals surface area contributed by atoms with Gasteiger partial charge in [-0.3, -0.25) is 4.79 Å². The van der Waals surface area contributed by atoms with E-state index in [4.69, 9.17) is 0 Å². The first-order valence-electron chi connectivity index (χ1n) is 4.62. The minimum absolute atomic E-state index is 0.189. The SMILES string of the molecule is CC(=O)C(Cc1ccsc1)C(C)C. The van der Waals surface area contributed by atoms with Crippen LogP contribution in [0.15, 0.2) is 16.8 Å². The van der Waals surface area contributed by atoms with Crippen molar-refractivity contribution in [2.24, 2.45) is 11.8 Å². The number of ketones is 1. The maximum absolute atomic E-state index is 11.3. The van der Waals surface area contributed by atoms with Gasteiger partial charge in [-0.2, -0.15) is 11.3 Å². The van der Waals surface area contributed by atoms with Crippen LogP contribution in [-0.4, -0.2) is 5.78 Å². The third kappa shape index (κ3) is 2.96. The third-order valence-electron chi connectivity index (χ3n) is 2.36. The summed E-state index contributed by atoms with van der Waals surface area (Å²) >= 11 is 1.69. The van der Waals surface area contributed by atoms with E-state index in [1.807, 2.05) is 0 Å². The average Bonchev–Trinajstić information content (AvgIpc) is 2.50. The largest absolute Gasteiger partial charge is 0.300 e. The van der Waals surface area contributed by atoms with Crippen LogP contribution in [0.4, 0.5) is 0 Å². The van der Waals surface area contributed by atoms with Crippen molar-refractivity contribution in [3.05, 3.63) is 22.4 Å². The smallest absolute Gasteiger partial charge is 0.133 e. The molecule has 0 saturated carbocycles. The molecule has 1 nitrogen and oxygen atoms in total.